The van der Waals surface area contributed by atoms with E-state index in [4.69, 9.17) is 0 Å². The molecule has 2 N–H and O–H groups in total. The highest BCUT2D eigenvalue weighted by Crippen LogP contribution is 2.39. The van der Waals surface area contributed by atoms with E-state index >= 15 is 0 Å². The van der Waals surface area contributed by atoms with Crippen molar-refractivity contribution in [2.24, 2.45) is 0 Å². The predicted octanol–water partition coefficient (Wildman–Crippen LogP) is 2.68. The number of anilines is 1. The molecule has 0 atom stereocenters. The van der Waals surface area contributed by atoms with Gasteiger partial charge in [0.25, 0.3) is 0 Å². The second-order valence-electron chi connectivity index (χ2n) is 5.16. The van der Waals surface area contributed by atoms with Gasteiger partial charge in [0.2, 0.25) is 10.0 Å². The van der Waals surface area contributed by atoms with Crippen LogP contribution >= 0.6 is 11.8 Å². The highest BCUT2D eigenvalue weighted by Gasteiger charge is 2.34. The van der Waals surface area contributed by atoms with Crippen molar-refractivity contribution in [1.29, 1.82) is 0 Å². The molecule has 0 saturated heterocycles. The summed E-state index contributed by atoms with van der Waals surface area (Å²) in [6.07, 6.45) is 6.63. The Morgan fingerprint density at radius 1 is 1.25 bits per heavy atom. The van der Waals surface area contributed by atoms with Crippen LogP contribution in [0, 0.1) is 0 Å². The third-order valence-corrected chi connectivity index (χ3v) is 6.86. The second kappa shape index (κ2) is 6.37. The molecule has 0 aromatic heterocycles. The lowest BCUT2D eigenvalue weighted by molar-refractivity contribution is 0.551. The molecule has 1 aliphatic rings. The lowest BCUT2D eigenvalue weighted by atomic mass is 10.1. The molecular weight excluding hydrogens is 292 g/mol. The summed E-state index contributed by atoms with van der Waals surface area (Å²) in [4.78, 5) is 0.316. The molecule has 1 fully saturated rings. The minimum absolute atomic E-state index is 0.0711. The van der Waals surface area contributed by atoms with E-state index in [2.05, 4.69) is 16.3 Å². The van der Waals surface area contributed by atoms with Crippen LogP contribution in [0.3, 0.4) is 0 Å². The van der Waals surface area contributed by atoms with E-state index in [1.54, 1.807) is 37.0 Å². The van der Waals surface area contributed by atoms with Gasteiger partial charge in [-0.1, -0.05) is 25.0 Å². The van der Waals surface area contributed by atoms with Crippen molar-refractivity contribution in [3.05, 3.63) is 24.3 Å². The molecule has 0 heterocycles. The van der Waals surface area contributed by atoms with Gasteiger partial charge < -0.3 is 5.32 Å². The van der Waals surface area contributed by atoms with Crippen LogP contribution in [-0.4, -0.2) is 33.0 Å². The van der Waals surface area contributed by atoms with Crippen molar-refractivity contribution in [3.8, 4) is 0 Å². The van der Waals surface area contributed by atoms with Gasteiger partial charge in [-0.15, -0.1) is 0 Å². The first-order valence-electron chi connectivity index (χ1n) is 6.85. The molecule has 1 aromatic rings. The predicted molar refractivity (Wildman–Crippen MR) is 85.9 cm³/mol. The van der Waals surface area contributed by atoms with Crippen LogP contribution in [0.1, 0.15) is 25.7 Å². The molecule has 1 saturated carbocycles. The Balaban J connectivity index is 2.15. The number of rotatable bonds is 6. The van der Waals surface area contributed by atoms with Crippen molar-refractivity contribution in [3.63, 3.8) is 0 Å². The molecule has 2 rings (SSSR count). The molecule has 0 radical (unpaired) electrons. The largest absolute Gasteiger partial charge is 0.387 e. The third-order valence-electron chi connectivity index (χ3n) is 3.98. The van der Waals surface area contributed by atoms with E-state index in [1.165, 1.54) is 12.8 Å². The maximum atomic E-state index is 12.5. The van der Waals surface area contributed by atoms with Gasteiger partial charge in [0.1, 0.15) is 4.90 Å². The molecule has 0 amide bonds. The van der Waals surface area contributed by atoms with E-state index in [-0.39, 0.29) is 4.75 Å². The highest BCUT2D eigenvalue weighted by atomic mass is 32.2. The quantitative estimate of drug-likeness (QED) is 0.847. The molecular formula is C14H22N2O2S2. The van der Waals surface area contributed by atoms with Gasteiger partial charge in [0.15, 0.2) is 0 Å². The van der Waals surface area contributed by atoms with Crippen LogP contribution in [0.5, 0.6) is 0 Å². The van der Waals surface area contributed by atoms with E-state index in [0.717, 1.165) is 12.8 Å². The van der Waals surface area contributed by atoms with Gasteiger partial charge in [-0.3, -0.25) is 0 Å². The average molecular weight is 314 g/mol. The zero-order chi connectivity index (χ0) is 14.6. The Morgan fingerprint density at radius 2 is 1.90 bits per heavy atom. The first kappa shape index (κ1) is 15.7. The van der Waals surface area contributed by atoms with Crippen molar-refractivity contribution in [2.75, 3.05) is 25.2 Å². The molecule has 0 spiro atoms. The molecule has 112 valence electrons. The van der Waals surface area contributed by atoms with Gasteiger partial charge in [0.05, 0.1) is 5.69 Å². The standard InChI is InChI=1S/C14H22N2O2S2/c1-15-12-7-3-4-8-13(12)20(17,18)16-11-14(19-2)9-5-6-10-14/h3-4,7-8,15-16H,5-6,9-11H2,1-2H3. The molecule has 20 heavy (non-hydrogen) atoms. The highest BCUT2D eigenvalue weighted by molar-refractivity contribution is 8.00. The third kappa shape index (κ3) is 3.30. The Bertz CT molecular complexity index is 552. The summed E-state index contributed by atoms with van der Waals surface area (Å²) in [5.74, 6) is 0. The van der Waals surface area contributed by atoms with Crippen LogP contribution in [-0.2, 0) is 10.0 Å². The number of thioether (sulfide) groups is 1. The van der Waals surface area contributed by atoms with Crippen LogP contribution < -0.4 is 10.0 Å². The summed E-state index contributed by atoms with van der Waals surface area (Å²) in [6.45, 7) is 0.508. The normalized spacial score (nSPS) is 18.1. The van der Waals surface area contributed by atoms with Crippen LogP contribution in [0.25, 0.3) is 0 Å². The summed E-state index contributed by atoms with van der Waals surface area (Å²) in [5.41, 5.74) is 0.629. The number of hydrogen-bond acceptors (Lipinski definition) is 4. The SMILES string of the molecule is CNc1ccccc1S(=O)(=O)NCC1(SC)CCCC1. The molecule has 6 heteroatoms. The van der Waals surface area contributed by atoms with Gasteiger partial charge in [-0.2, -0.15) is 11.8 Å². The lowest BCUT2D eigenvalue weighted by Crippen LogP contribution is -2.38. The van der Waals surface area contributed by atoms with Gasteiger partial charge in [-0.05, 0) is 31.2 Å². The zero-order valence-electron chi connectivity index (χ0n) is 12.0. The number of para-hydroxylation sites is 1. The van der Waals surface area contributed by atoms with Crippen LogP contribution in [0.4, 0.5) is 5.69 Å². The number of nitrogens with one attached hydrogen (secondary N) is 2. The molecule has 1 aromatic carbocycles. The Labute approximate surface area is 125 Å². The molecule has 0 aliphatic heterocycles. The summed E-state index contributed by atoms with van der Waals surface area (Å²) < 4.78 is 27.8. The number of sulfonamides is 1. The van der Waals surface area contributed by atoms with E-state index in [1.807, 2.05) is 6.07 Å². The molecule has 0 unspecified atom stereocenters. The summed E-state index contributed by atoms with van der Waals surface area (Å²) in [7, 11) is -1.73. The van der Waals surface area contributed by atoms with Gasteiger partial charge >= 0.3 is 0 Å². The maximum absolute atomic E-state index is 12.5. The number of benzene rings is 1. The van der Waals surface area contributed by atoms with E-state index in [9.17, 15) is 8.42 Å². The van der Waals surface area contributed by atoms with Crippen molar-refractivity contribution in [1.82, 2.24) is 4.72 Å². The fourth-order valence-electron chi connectivity index (χ4n) is 2.68. The zero-order valence-corrected chi connectivity index (χ0v) is 13.6. The second-order valence-corrected chi connectivity index (χ2v) is 8.17. The van der Waals surface area contributed by atoms with Crippen molar-refractivity contribution in [2.45, 2.75) is 35.3 Å². The molecule has 1 aliphatic carbocycles. The van der Waals surface area contributed by atoms with Gasteiger partial charge in [-0.25, -0.2) is 13.1 Å². The first-order chi connectivity index (χ1) is 9.53. The fraction of sp³-hybridized carbons (Fsp3) is 0.571. The van der Waals surface area contributed by atoms with Crippen LogP contribution in [0.15, 0.2) is 29.2 Å². The van der Waals surface area contributed by atoms with Crippen molar-refractivity contribution >= 4 is 27.5 Å². The molecule has 0 bridgehead atoms. The topological polar surface area (TPSA) is 58.2 Å². The van der Waals surface area contributed by atoms with Crippen molar-refractivity contribution < 1.29 is 8.42 Å². The molecule has 4 nitrogen and oxygen atoms in total. The Morgan fingerprint density at radius 3 is 2.50 bits per heavy atom. The summed E-state index contributed by atoms with van der Waals surface area (Å²) >= 11 is 1.78. The summed E-state index contributed by atoms with van der Waals surface area (Å²) in [5, 5.41) is 2.93. The van der Waals surface area contributed by atoms with E-state index in [0.29, 0.717) is 17.1 Å². The van der Waals surface area contributed by atoms with Crippen LogP contribution in [0.2, 0.25) is 0 Å². The summed E-state index contributed by atoms with van der Waals surface area (Å²) in [6, 6.07) is 6.98. The van der Waals surface area contributed by atoms with Gasteiger partial charge in [0, 0.05) is 18.3 Å². The minimum Gasteiger partial charge on any atom is -0.387 e. The average Bonchev–Trinajstić information content (AvgIpc) is 2.95. The number of hydrogen-bond donors (Lipinski definition) is 2. The van der Waals surface area contributed by atoms with E-state index < -0.39 is 10.0 Å². The monoisotopic (exact) mass is 314 g/mol. The lowest BCUT2D eigenvalue weighted by Gasteiger charge is -2.27. The Hall–Kier alpha value is -0.720. The fourth-order valence-corrected chi connectivity index (χ4v) is 5.03. The maximum Gasteiger partial charge on any atom is 0.242 e. The Kier molecular flexibility index (Phi) is 4.99. The first-order valence-corrected chi connectivity index (χ1v) is 9.55. The smallest absolute Gasteiger partial charge is 0.242 e. The minimum atomic E-state index is -3.46.